The summed E-state index contributed by atoms with van der Waals surface area (Å²) in [5.41, 5.74) is 1.97. The molecule has 2 aliphatic rings. The van der Waals surface area contributed by atoms with E-state index in [9.17, 15) is 0 Å². The molecule has 2 atom stereocenters. The summed E-state index contributed by atoms with van der Waals surface area (Å²) >= 11 is 0. The molecular formula is C16H24N2. The van der Waals surface area contributed by atoms with Crippen LogP contribution in [0.5, 0.6) is 0 Å². The molecule has 2 aliphatic heterocycles. The molecule has 0 aromatic heterocycles. The van der Waals surface area contributed by atoms with Crippen LogP contribution in [0.1, 0.15) is 18.9 Å². The Hall–Kier alpha value is -0.860. The van der Waals surface area contributed by atoms with Crippen molar-refractivity contribution in [2.24, 2.45) is 11.3 Å². The minimum Gasteiger partial charge on any atom is -0.306 e. The molecule has 0 saturated carbocycles. The molecule has 2 heterocycles. The number of likely N-dealkylation sites (tertiary alicyclic amines) is 2. The Morgan fingerprint density at radius 2 is 2.00 bits per heavy atom. The topological polar surface area (TPSA) is 6.48 Å². The highest BCUT2D eigenvalue weighted by Crippen LogP contribution is 2.41. The summed E-state index contributed by atoms with van der Waals surface area (Å²) in [7, 11) is 2.27. The first-order chi connectivity index (χ1) is 8.66. The van der Waals surface area contributed by atoms with E-state index in [1.165, 1.54) is 38.2 Å². The second kappa shape index (κ2) is 4.67. The molecule has 1 aromatic carbocycles. The SMILES string of the molecule is CN1CC[C@@H]2CN(Cc3ccccc3)C[C@]2(C)C1. The van der Waals surface area contributed by atoms with Crippen LogP contribution in [-0.4, -0.2) is 43.0 Å². The summed E-state index contributed by atoms with van der Waals surface area (Å²) in [6.45, 7) is 8.70. The monoisotopic (exact) mass is 244 g/mol. The van der Waals surface area contributed by atoms with Gasteiger partial charge in [0.1, 0.15) is 0 Å². The third kappa shape index (κ3) is 2.32. The number of hydrogen-bond acceptors (Lipinski definition) is 2. The van der Waals surface area contributed by atoms with Gasteiger partial charge in [0.2, 0.25) is 0 Å². The van der Waals surface area contributed by atoms with Gasteiger partial charge in [0.05, 0.1) is 0 Å². The van der Waals surface area contributed by atoms with Gasteiger partial charge in [-0.15, -0.1) is 0 Å². The smallest absolute Gasteiger partial charge is 0.0234 e. The largest absolute Gasteiger partial charge is 0.306 e. The van der Waals surface area contributed by atoms with Crippen LogP contribution in [-0.2, 0) is 6.54 Å². The van der Waals surface area contributed by atoms with Crippen LogP contribution in [0.2, 0.25) is 0 Å². The van der Waals surface area contributed by atoms with Gasteiger partial charge in [0.25, 0.3) is 0 Å². The van der Waals surface area contributed by atoms with Crippen molar-refractivity contribution in [3.63, 3.8) is 0 Å². The third-order valence-corrected chi connectivity index (χ3v) is 4.79. The van der Waals surface area contributed by atoms with Gasteiger partial charge in [-0.3, -0.25) is 4.90 Å². The van der Waals surface area contributed by atoms with Crippen molar-refractivity contribution >= 4 is 0 Å². The number of fused-ring (bicyclic) bond motifs is 1. The van der Waals surface area contributed by atoms with Gasteiger partial charge < -0.3 is 4.90 Å². The maximum atomic E-state index is 2.65. The highest BCUT2D eigenvalue weighted by atomic mass is 15.2. The molecular weight excluding hydrogens is 220 g/mol. The molecule has 0 N–H and O–H groups in total. The van der Waals surface area contributed by atoms with E-state index in [4.69, 9.17) is 0 Å². The van der Waals surface area contributed by atoms with Crippen LogP contribution < -0.4 is 0 Å². The van der Waals surface area contributed by atoms with Crippen molar-refractivity contribution < 1.29 is 0 Å². The summed E-state index contributed by atoms with van der Waals surface area (Å²) in [6.07, 6.45) is 1.37. The molecule has 0 unspecified atom stereocenters. The van der Waals surface area contributed by atoms with Gasteiger partial charge in [-0.1, -0.05) is 37.3 Å². The molecule has 0 amide bonds. The van der Waals surface area contributed by atoms with Crippen molar-refractivity contribution in [3.05, 3.63) is 35.9 Å². The lowest BCUT2D eigenvalue weighted by Crippen LogP contribution is -2.45. The minimum atomic E-state index is 0.516. The fourth-order valence-electron chi connectivity index (χ4n) is 3.89. The second-order valence-electron chi connectivity index (χ2n) is 6.53. The molecule has 0 spiro atoms. The highest BCUT2D eigenvalue weighted by Gasteiger charge is 2.45. The zero-order chi connectivity index (χ0) is 12.6. The molecule has 0 radical (unpaired) electrons. The fourth-order valence-corrected chi connectivity index (χ4v) is 3.89. The Balaban J connectivity index is 1.67. The Morgan fingerprint density at radius 3 is 2.78 bits per heavy atom. The van der Waals surface area contributed by atoms with Crippen LogP contribution in [0.4, 0.5) is 0 Å². The molecule has 2 nitrogen and oxygen atoms in total. The average Bonchev–Trinajstić information content (AvgIpc) is 2.65. The van der Waals surface area contributed by atoms with E-state index in [0.717, 1.165) is 12.5 Å². The molecule has 2 saturated heterocycles. The van der Waals surface area contributed by atoms with Crippen molar-refractivity contribution in [2.75, 3.05) is 33.2 Å². The fraction of sp³-hybridized carbons (Fsp3) is 0.625. The molecule has 0 aliphatic carbocycles. The maximum absolute atomic E-state index is 2.65. The first kappa shape index (κ1) is 12.2. The van der Waals surface area contributed by atoms with Gasteiger partial charge >= 0.3 is 0 Å². The number of hydrogen-bond donors (Lipinski definition) is 0. The van der Waals surface area contributed by atoms with E-state index in [2.05, 4.69) is 54.1 Å². The zero-order valence-electron chi connectivity index (χ0n) is 11.6. The van der Waals surface area contributed by atoms with Crippen molar-refractivity contribution in [2.45, 2.75) is 19.9 Å². The first-order valence-corrected chi connectivity index (χ1v) is 7.10. The van der Waals surface area contributed by atoms with Crippen molar-refractivity contribution in [1.82, 2.24) is 9.80 Å². The van der Waals surface area contributed by atoms with E-state index >= 15 is 0 Å². The summed E-state index contributed by atoms with van der Waals surface area (Å²) in [5, 5.41) is 0. The second-order valence-corrected chi connectivity index (χ2v) is 6.53. The zero-order valence-corrected chi connectivity index (χ0v) is 11.6. The lowest BCUT2D eigenvalue weighted by molar-refractivity contribution is 0.0947. The maximum Gasteiger partial charge on any atom is 0.0234 e. The normalized spacial score (nSPS) is 33.6. The van der Waals surface area contributed by atoms with Gasteiger partial charge in [0.15, 0.2) is 0 Å². The highest BCUT2D eigenvalue weighted by molar-refractivity contribution is 5.15. The van der Waals surface area contributed by atoms with E-state index in [1.807, 2.05) is 0 Å². The number of piperidine rings is 1. The Bertz CT molecular complexity index is 403. The standard InChI is InChI=1S/C16H24N2/c1-16-12-17(2)9-8-15(16)11-18(13-16)10-14-6-4-3-5-7-14/h3-7,15H,8-13H2,1-2H3/t15-,16+/m1/s1. The Morgan fingerprint density at radius 1 is 1.22 bits per heavy atom. The lowest BCUT2D eigenvalue weighted by atomic mass is 9.75. The predicted molar refractivity (Wildman–Crippen MR) is 75.4 cm³/mol. The van der Waals surface area contributed by atoms with E-state index in [1.54, 1.807) is 0 Å². The van der Waals surface area contributed by atoms with E-state index in [-0.39, 0.29) is 0 Å². The predicted octanol–water partition coefficient (Wildman–Crippen LogP) is 2.46. The number of rotatable bonds is 2. The molecule has 2 heteroatoms. The molecule has 98 valence electrons. The van der Waals surface area contributed by atoms with Gasteiger partial charge in [-0.25, -0.2) is 0 Å². The van der Waals surface area contributed by atoms with Crippen LogP contribution in [0.15, 0.2) is 30.3 Å². The average molecular weight is 244 g/mol. The lowest BCUT2D eigenvalue weighted by Gasteiger charge is -2.40. The molecule has 0 bridgehead atoms. The summed E-state index contributed by atoms with van der Waals surface area (Å²) < 4.78 is 0. The van der Waals surface area contributed by atoms with Crippen LogP contribution >= 0.6 is 0 Å². The molecule has 1 aromatic rings. The quantitative estimate of drug-likeness (QED) is 0.788. The molecule has 3 rings (SSSR count). The number of nitrogens with zero attached hydrogens (tertiary/aromatic N) is 2. The van der Waals surface area contributed by atoms with Crippen molar-refractivity contribution in [3.8, 4) is 0 Å². The van der Waals surface area contributed by atoms with Crippen LogP contribution in [0.25, 0.3) is 0 Å². The summed E-state index contributed by atoms with van der Waals surface area (Å²) in [6, 6.07) is 10.9. The third-order valence-electron chi connectivity index (χ3n) is 4.79. The van der Waals surface area contributed by atoms with E-state index < -0.39 is 0 Å². The van der Waals surface area contributed by atoms with Gasteiger partial charge in [0, 0.05) is 26.2 Å². The summed E-state index contributed by atoms with van der Waals surface area (Å²) in [5.74, 6) is 0.900. The van der Waals surface area contributed by atoms with Gasteiger partial charge in [-0.2, -0.15) is 0 Å². The van der Waals surface area contributed by atoms with Crippen LogP contribution in [0, 0.1) is 11.3 Å². The Kier molecular flexibility index (Phi) is 3.16. The summed E-state index contributed by atoms with van der Waals surface area (Å²) in [4.78, 5) is 5.15. The van der Waals surface area contributed by atoms with Crippen molar-refractivity contribution in [1.29, 1.82) is 0 Å². The first-order valence-electron chi connectivity index (χ1n) is 7.10. The minimum absolute atomic E-state index is 0.516. The molecule has 18 heavy (non-hydrogen) atoms. The van der Waals surface area contributed by atoms with Crippen LogP contribution in [0.3, 0.4) is 0 Å². The molecule has 2 fully saturated rings. The van der Waals surface area contributed by atoms with Gasteiger partial charge in [-0.05, 0) is 36.9 Å². The van der Waals surface area contributed by atoms with E-state index in [0.29, 0.717) is 5.41 Å². The number of benzene rings is 1. The Labute approximate surface area is 111 Å².